The van der Waals surface area contributed by atoms with Crippen molar-refractivity contribution < 1.29 is 4.79 Å². The number of fused-ring (bicyclic) bond motifs is 1. The zero-order chi connectivity index (χ0) is 11.8. The van der Waals surface area contributed by atoms with E-state index in [1.807, 2.05) is 10.6 Å². The SMILES string of the molecule is O=C1CCC(Cn2c(=S)[nH]c3cnccc32)N1. The van der Waals surface area contributed by atoms with Gasteiger partial charge in [-0.25, -0.2) is 0 Å². The molecule has 0 aliphatic carbocycles. The third-order valence-corrected chi connectivity index (χ3v) is 3.39. The maximum Gasteiger partial charge on any atom is 0.220 e. The molecule has 0 radical (unpaired) electrons. The van der Waals surface area contributed by atoms with Gasteiger partial charge in [-0.3, -0.25) is 9.78 Å². The lowest BCUT2D eigenvalue weighted by Crippen LogP contribution is -2.29. The molecule has 1 aliphatic rings. The summed E-state index contributed by atoms with van der Waals surface area (Å²) in [6.45, 7) is 0.717. The van der Waals surface area contributed by atoms with Gasteiger partial charge in [-0.05, 0) is 24.7 Å². The van der Waals surface area contributed by atoms with Crippen LogP contribution in [0.5, 0.6) is 0 Å². The number of carbonyl (C=O) groups is 1. The van der Waals surface area contributed by atoms with Gasteiger partial charge in [0.1, 0.15) is 0 Å². The number of hydrogen-bond donors (Lipinski definition) is 2. The monoisotopic (exact) mass is 248 g/mol. The van der Waals surface area contributed by atoms with Crippen LogP contribution in [0, 0.1) is 4.77 Å². The highest BCUT2D eigenvalue weighted by Crippen LogP contribution is 2.15. The second-order valence-electron chi connectivity index (χ2n) is 4.24. The highest BCUT2D eigenvalue weighted by Gasteiger charge is 2.21. The fraction of sp³-hybridized carbons (Fsp3) is 0.364. The minimum atomic E-state index is 0.128. The van der Waals surface area contributed by atoms with Gasteiger partial charge in [-0.1, -0.05) is 0 Å². The van der Waals surface area contributed by atoms with Gasteiger partial charge < -0.3 is 14.9 Å². The Morgan fingerprint density at radius 2 is 2.47 bits per heavy atom. The fourth-order valence-corrected chi connectivity index (χ4v) is 2.51. The molecular formula is C11H12N4OS. The molecule has 17 heavy (non-hydrogen) atoms. The summed E-state index contributed by atoms with van der Waals surface area (Å²) in [7, 11) is 0. The predicted molar refractivity (Wildman–Crippen MR) is 66.1 cm³/mol. The average molecular weight is 248 g/mol. The molecule has 3 heterocycles. The van der Waals surface area contributed by atoms with Crippen LogP contribution in [-0.2, 0) is 11.3 Å². The number of imidazole rings is 1. The molecule has 1 aliphatic heterocycles. The van der Waals surface area contributed by atoms with Crippen LogP contribution in [0.1, 0.15) is 12.8 Å². The Hall–Kier alpha value is -1.69. The van der Waals surface area contributed by atoms with Gasteiger partial charge >= 0.3 is 0 Å². The summed E-state index contributed by atoms with van der Waals surface area (Å²) >= 11 is 5.28. The van der Waals surface area contributed by atoms with Crippen molar-refractivity contribution >= 4 is 29.2 Å². The molecule has 6 heteroatoms. The molecule has 2 aromatic rings. The molecule has 1 unspecified atom stereocenters. The largest absolute Gasteiger partial charge is 0.352 e. The second-order valence-corrected chi connectivity index (χ2v) is 4.62. The summed E-state index contributed by atoms with van der Waals surface area (Å²) in [5, 5.41) is 2.95. The number of hydrogen-bond acceptors (Lipinski definition) is 3. The first-order chi connectivity index (χ1) is 8.24. The first kappa shape index (κ1) is 10.5. The average Bonchev–Trinajstić information content (AvgIpc) is 2.85. The number of nitrogens with one attached hydrogen (secondary N) is 2. The molecule has 3 rings (SSSR count). The van der Waals surface area contributed by atoms with Gasteiger partial charge in [0.2, 0.25) is 5.91 Å². The standard InChI is InChI=1S/C11H12N4OS/c16-10-2-1-7(13-10)6-15-9-3-4-12-5-8(9)14-11(15)17/h3-5,7H,1-2,6H2,(H,13,16)(H,14,17). The van der Waals surface area contributed by atoms with Crippen LogP contribution in [0.3, 0.4) is 0 Å². The van der Waals surface area contributed by atoms with Crippen LogP contribution < -0.4 is 5.32 Å². The van der Waals surface area contributed by atoms with E-state index in [0.29, 0.717) is 17.7 Å². The Morgan fingerprint density at radius 3 is 3.24 bits per heavy atom. The summed E-state index contributed by atoms with van der Waals surface area (Å²) in [5.41, 5.74) is 1.97. The highest BCUT2D eigenvalue weighted by atomic mass is 32.1. The number of pyridine rings is 1. The van der Waals surface area contributed by atoms with Crippen molar-refractivity contribution in [2.45, 2.75) is 25.4 Å². The van der Waals surface area contributed by atoms with Crippen molar-refractivity contribution in [3.05, 3.63) is 23.2 Å². The van der Waals surface area contributed by atoms with Crippen molar-refractivity contribution in [1.29, 1.82) is 0 Å². The first-order valence-electron chi connectivity index (χ1n) is 5.56. The number of amides is 1. The van der Waals surface area contributed by atoms with Crippen molar-refractivity contribution in [2.24, 2.45) is 0 Å². The molecule has 0 spiro atoms. The molecule has 5 nitrogen and oxygen atoms in total. The van der Waals surface area contributed by atoms with Crippen LogP contribution in [0.4, 0.5) is 0 Å². The summed E-state index contributed by atoms with van der Waals surface area (Å²) in [5.74, 6) is 0.128. The van der Waals surface area contributed by atoms with Crippen molar-refractivity contribution in [2.75, 3.05) is 0 Å². The van der Waals surface area contributed by atoms with E-state index >= 15 is 0 Å². The van der Waals surface area contributed by atoms with Crippen LogP contribution in [0.2, 0.25) is 0 Å². The number of carbonyl (C=O) groups excluding carboxylic acids is 1. The van der Waals surface area contributed by atoms with E-state index in [-0.39, 0.29) is 11.9 Å². The quantitative estimate of drug-likeness (QED) is 0.789. The minimum absolute atomic E-state index is 0.128. The second kappa shape index (κ2) is 3.96. The molecule has 1 amide bonds. The lowest BCUT2D eigenvalue weighted by atomic mass is 10.2. The lowest BCUT2D eigenvalue weighted by molar-refractivity contribution is -0.119. The van der Waals surface area contributed by atoms with Crippen molar-refractivity contribution in [1.82, 2.24) is 19.9 Å². The summed E-state index contributed by atoms with van der Waals surface area (Å²) in [6.07, 6.45) is 4.99. The van der Waals surface area contributed by atoms with Crippen LogP contribution in [-0.4, -0.2) is 26.5 Å². The number of rotatable bonds is 2. The van der Waals surface area contributed by atoms with Gasteiger partial charge in [0.05, 0.1) is 17.2 Å². The third-order valence-electron chi connectivity index (χ3n) is 3.06. The van der Waals surface area contributed by atoms with E-state index < -0.39 is 0 Å². The Morgan fingerprint density at radius 1 is 1.59 bits per heavy atom. The van der Waals surface area contributed by atoms with Gasteiger partial charge in [0, 0.05) is 25.2 Å². The molecule has 2 aromatic heterocycles. The Bertz CT molecular complexity index is 630. The maximum absolute atomic E-state index is 11.2. The van der Waals surface area contributed by atoms with Crippen LogP contribution in [0.25, 0.3) is 11.0 Å². The first-order valence-corrected chi connectivity index (χ1v) is 5.97. The molecule has 0 saturated carbocycles. The number of H-pyrrole nitrogens is 1. The van der Waals surface area contributed by atoms with E-state index in [0.717, 1.165) is 17.5 Å². The molecular weight excluding hydrogens is 236 g/mol. The van der Waals surface area contributed by atoms with Gasteiger partial charge in [0.25, 0.3) is 0 Å². The fourth-order valence-electron chi connectivity index (χ4n) is 2.23. The highest BCUT2D eigenvalue weighted by molar-refractivity contribution is 7.71. The smallest absolute Gasteiger partial charge is 0.220 e. The van der Waals surface area contributed by atoms with Crippen LogP contribution >= 0.6 is 12.2 Å². The third kappa shape index (κ3) is 1.84. The molecule has 1 atom stereocenters. The Labute approximate surface area is 103 Å². The summed E-state index contributed by atoms with van der Waals surface area (Å²) in [4.78, 5) is 18.3. The van der Waals surface area contributed by atoms with Gasteiger partial charge in [0.15, 0.2) is 4.77 Å². The van der Waals surface area contributed by atoms with Gasteiger partial charge in [-0.15, -0.1) is 0 Å². The normalized spacial score (nSPS) is 19.8. The van der Waals surface area contributed by atoms with Crippen molar-refractivity contribution in [3.8, 4) is 0 Å². The molecule has 1 fully saturated rings. The van der Waals surface area contributed by atoms with Crippen molar-refractivity contribution in [3.63, 3.8) is 0 Å². The predicted octanol–water partition coefficient (Wildman–Crippen LogP) is 1.37. The minimum Gasteiger partial charge on any atom is -0.352 e. The summed E-state index contributed by atoms with van der Waals surface area (Å²) < 4.78 is 2.69. The molecule has 1 saturated heterocycles. The topological polar surface area (TPSA) is 62.7 Å². The van der Waals surface area contributed by atoms with Gasteiger partial charge in [-0.2, -0.15) is 0 Å². The Kier molecular flexibility index (Phi) is 2.44. The van der Waals surface area contributed by atoms with Crippen LogP contribution in [0.15, 0.2) is 18.5 Å². The lowest BCUT2D eigenvalue weighted by Gasteiger charge is -2.11. The number of nitrogens with zero attached hydrogens (tertiary/aromatic N) is 2. The molecule has 88 valence electrons. The van der Waals surface area contributed by atoms with E-state index in [1.165, 1.54) is 0 Å². The molecule has 0 aromatic carbocycles. The van der Waals surface area contributed by atoms with E-state index in [1.54, 1.807) is 12.4 Å². The molecule has 0 bridgehead atoms. The summed E-state index contributed by atoms with van der Waals surface area (Å²) in [6, 6.07) is 2.11. The maximum atomic E-state index is 11.2. The van der Waals surface area contributed by atoms with E-state index in [2.05, 4.69) is 15.3 Å². The number of aromatic amines is 1. The number of aromatic nitrogens is 3. The zero-order valence-electron chi connectivity index (χ0n) is 9.14. The van der Waals surface area contributed by atoms with E-state index in [4.69, 9.17) is 12.2 Å². The zero-order valence-corrected chi connectivity index (χ0v) is 9.96. The van der Waals surface area contributed by atoms with E-state index in [9.17, 15) is 4.79 Å². The Balaban J connectivity index is 1.97. The molecule has 2 N–H and O–H groups in total.